The highest BCUT2D eigenvalue weighted by Crippen LogP contribution is 2.21. The van der Waals surface area contributed by atoms with Crippen LogP contribution in [0.2, 0.25) is 5.02 Å². The highest BCUT2D eigenvalue weighted by molar-refractivity contribution is 6.30. The van der Waals surface area contributed by atoms with Gasteiger partial charge in [0.05, 0.1) is 29.7 Å². The van der Waals surface area contributed by atoms with Gasteiger partial charge >= 0.3 is 0 Å². The second-order valence-electron chi connectivity index (χ2n) is 7.59. The lowest BCUT2D eigenvalue weighted by atomic mass is 10.0. The molecule has 0 aliphatic rings. The van der Waals surface area contributed by atoms with E-state index in [2.05, 4.69) is 15.5 Å². The smallest absolute Gasteiger partial charge is 0.284 e. The van der Waals surface area contributed by atoms with Crippen LogP contribution in [0.15, 0.2) is 65.7 Å². The van der Waals surface area contributed by atoms with E-state index in [1.54, 1.807) is 50.5 Å². The molecule has 1 atom stereocenters. The van der Waals surface area contributed by atoms with Crippen molar-refractivity contribution in [2.24, 2.45) is 7.05 Å². The van der Waals surface area contributed by atoms with E-state index in [9.17, 15) is 14.0 Å². The van der Waals surface area contributed by atoms with Crippen LogP contribution < -0.4 is 10.9 Å². The quantitative estimate of drug-likeness (QED) is 0.471. The number of nitriles is 1. The Bertz CT molecular complexity index is 1490. The van der Waals surface area contributed by atoms with Crippen molar-refractivity contribution in [1.29, 1.82) is 5.26 Å². The number of hydrogen-bond donors (Lipinski definition) is 1. The van der Waals surface area contributed by atoms with Gasteiger partial charge in [0.2, 0.25) is 0 Å². The fourth-order valence-electron chi connectivity index (χ4n) is 3.37. The zero-order valence-electron chi connectivity index (χ0n) is 18.2. The number of nitrogens with zero attached hydrogens (tertiary/aromatic N) is 5. The fourth-order valence-corrected chi connectivity index (χ4v) is 3.49. The lowest BCUT2D eigenvalue weighted by molar-refractivity contribution is 0.0937. The van der Waals surface area contributed by atoms with Crippen molar-refractivity contribution in [3.05, 3.63) is 98.8 Å². The van der Waals surface area contributed by atoms with E-state index in [4.69, 9.17) is 16.9 Å². The first kappa shape index (κ1) is 22.9. The maximum atomic E-state index is 13.7. The molecule has 2 aromatic heterocycles. The summed E-state index contributed by atoms with van der Waals surface area (Å²) < 4.78 is 16.3. The molecule has 0 fully saturated rings. The van der Waals surface area contributed by atoms with E-state index >= 15 is 0 Å². The molecule has 0 bridgehead atoms. The minimum absolute atomic E-state index is 0.133. The van der Waals surface area contributed by atoms with E-state index in [1.807, 2.05) is 0 Å². The van der Waals surface area contributed by atoms with Crippen LogP contribution in [0.1, 0.15) is 34.5 Å². The summed E-state index contributed by atoms with van der Waals surface area (Å²) in [4.78, 5) is 26.4. The van der Waals surface area contributed by atoms with Crippen LogP contribution in [-0.4, -0.2) is 25.5 Å². The molecule has 0 saturated heterocycles. The van der Waals surface area contributed by atoms with Gasteiger partial charge in [-0.05, 0) is 42.8 Å². The molecule has 4 aromatic rings. The summed E-state index contributed by atoms with van der Waals surface area (Å²) in [6.45, 7) is 1.67. The summed E-state index contributed by atoms with van der Waals surface area (Å²) in [5, 5.41) is 20.8. The van der Waals surface area contributed by atoms with Gasteiger partial charge in [0, 0.05) is 17.6 Å². The third kappa shape index (κ3) is 4.58. The highest BCUT2D eigenvalue weighted by Gasteiger charge is 2.20. The Balaban J connectivity index is 1.76. The van der Waals surface area contributed by atoms with E-state index in [-0.39, 0.29) is 11.1 Å². The molecule has 0 unspecified atom stereocenters. The van der Waals surface area contributed by atoms with Crippen molar-refractivity contribution < 1.29 is 9.18 Å². The molecule has 0 aliphatic heterocycles. The van der Waals surface area contributed by atoms with Gasteiger partial charge in [-0.15, -0.1) is 0 Å². The first-order valence-corrected chi connectivity index (χ1v) is 10.5. The molecule has 1 amide bonds. The average molecular weight is 477 g/mol. The number of carbonyl (C=O) groups excluding carboxylic acids is 1. The Hall–Kier alpha value is -4.29. The molecule has 0 aliphatic carbocycles. The standard InChI is InChI=1S/C24H18ClFN6O2/c1-14(16-5-8-21(26)17(9-16)11-27)29-23(33)20-10-22(15-3-6-18(25)7-4-15)30-32(24(20)34)19-12-28-31(2)13-19/h3-10,12-14H,1-2H3,(H,29,33)/t14-/m0/s1. The summed E-state index contributed by atoms with van der Waals surface area (Å²) in [5.41, 5.74) is 1.04. The second-order valence-corrected chi connectivity index (χ2v) is 8.02. The predicted molar refractivity (Wildman–Crippen MR) is 124 cm³/mol. The number of halogens is 2. The van der Waals surface area contributed by atoms with Gasteiger partial charge in [-0.1, -0.05) is 29.8 Å². The van der Waals surface area contributed by atoms with Gasteiger partial charge in [0.25, 0.3) is 11.5 Å². The number of benzene rings is 2. The van der Waals surface area contributed by atoms with Gasteiger partial charge < -0.3 is 5.32 Å². The van der Waals surface area contributed by atoms with Crippen molar-refractivity contribution in [2.75, 3.05) is 0 Å². The third-order valence-corrected chi connectivity index (χ3v) is 5.44. The number of carbonyl (C=O) groups is 1. The molecule has 2 aromatic carbocycles. The molecule has 2 heterocycles. The summed E-state index contributed by atoms with van der Waals surface area (Å²) >= 11 is 5.99. The summed E-state index contributed by atoms with van der Waals surface area (Å²) in [5.74, 6) is -1.29. The van der Waals surface area contributed by atoms with Crippen molar-refractivity contribution in [2.45, 2.75) is 13.0 Å². The summed E-state index contributed by atoms with van der Waals surface area (Å²) in [6.07, 6.45) is 3.07. The molecule has 8 nitrogen and oxygen atoms in total. The Morgan fingerprint density at radius 3 is 2.59 bits per heavy atom. The Labute approximate surface area is 198 Å². The second kappa shape index (κ2) is 9.29. The van der Waals surface area contributed by atoms with Crippen LogP contribution in [-0.2, 0) is 7.05 Å². The molecule has 10 heteroatoms. The minimum Gasteiger partial charge on any atom is -0.345 e. The Kier molecular flexibility index (Phi) is 6.25. The average Bonchev–Trinajstić information content (AvgIpc) is 3.26. The lowest BCUT2D eigenvalue weighted by Crippen LogP contribution is -2.35. The van der Waals surface area contributed by atoms with Crippen LogP contribution in [0.3, 0.4) is 0 Å². The predicted octanol–water partition coefficient (Wildman–Crippen LogP) is 3.79. The lowest BCUT2D eigenvalue weighted by Gasteiger charge is -2.16. The summed E-state index contributed by atoms with van der Waals surface area (Å²) in [6, 6.07) is 13.4. The van der Waals surface area contributed by atoms with Crippen molar-refractivity contribution >= 4 is 17.5 Å². The van der Waals surface area contributed by atoms with Gasteiger partial charge in [0.1, 0.15) is 23.1 Å². The number of amides is 1. The largest absolute Gasteiger partial charge is 0.345 e. The number of nitrogens with one attached hydrogen (secondary N) is 1. The van der Waals surface area contributed by atoms with E-state index in [1.165, 1.54) is 29.1 Å². The Morgan fingerprint density at radius 2 is 1.94 bits per heavy atom. The fraction of sp³-hybridized carbons (Fsp3) is 0.125. The van der Waals surface area contributed by atoms with Crippen LogP contribution in [0, 0.1) is 17.1 Å². The molecular weight excluding hydrogens is 459 g/mol. The zero-order chi connectivity index (χ0) is 24.4. The third-order valence-electron chi connectivity index (χ3n) is 5.19. The normalized spacial score (nSPS) is 11.6. The first-order chi connectivity index (χ1) is 16.3. The first-order valence-electron chi connectivity index (χ1n) is 10.2. The van der Waals surface area contributed by atoms with Gasteiger partial charge in [0.15, 0.2) is 0 Å². The van der Waals surface area contributed by atoms with E-state index in [0.717, 1.165) is 10.7 Å². The van der Waals surface area contributed by atoms with Crippen LogP contribution in [0.25, 0.3) is 16.9 Å². The van der Waals surface area contributed by atoms with Crippen LogP contribution in [0.5, 0.6) is 0 Å². The van der Waals surface area contributed by atoms with Gasteiger partial charge in [-0.2, -0.15) is 20.1 Å². The minimum atomic E-state index is -0.647. The molecule has 0 saturated carbocycles. The van der Waals surface area contributed by atoms with Gasteiger partial charge in [-0.3, -0.25) is 14.3 Å². The van der Waals surface area contributed by atoms with Crippen molar-refractivity contribution in [3.8, 4) is 23.0 Å². The van der Waals surface area contributed by atoms with Crippen molar-refractivity contribution in [3.63, 3.8) is 0 Å². The summed E-state index contributed by atoms with van der Waals surface area (Å²) in [7, 11) is 1.70. The van der Waals surface area contributed by atoms with Crippen LogP contribution >= 0.6 is 11.6 Å². The molecule has 34 heavy (non-hydrogen) atoms. The maximum absolute atomic E-state index is 13.7. The highest BCUT2D eigenvalue weighted by atomic mass is 35.5. The molecule has 0 radical (unpaired) electrons. The molecule has 1 N–H and O–H groups in total. The molecule has 0 spiro atoms. The monoisotopic (exact) mass is 476 g/mol. The molecule has 4 rings (SSSR count). The van der Waals surface area contributed by atoms with Crippen LogP contribution in [0.4, 0.5) is 4.39 Å². The van der Waals surface area contributed by atoms with Gasteiger partial charge in [-0.25, -0.2) is 4.39 Å². The number of aryl methyl sites for hydroxylation is 1. The number of aromatic nitrogens is 4. The SMILES string of the molecule is C[C@H](NC(=O)c1cc(-c2ccc(Cl)cc2)nn(-c2cnn(C)c2)c1=O)c1ccc(F)c(C#N)c1. The maximum Gasteiger partial charge on any atom is 0.284 e. The number of rotatable bonds is 5. The molecule has 170 valence electrons. The van der Waals surface area contributed by atoms with Crippen molar-refractivity contribution in [1.82, 2.24) is 24.9 Å². The topological polar surface area (TPSA) is 106 Å². The van der Waals surface area contributed by atoms with E-state index < -0.39 is 23.3 Å². The zero-order valence-corrected chi connectivity index (χ0v) is 18.9. The number of hydrogen-bond acceptors (Lipinski definition) is 5. The Morgan fingerprint density at radius 1 is 1.21 bits per heavy atom. The van der Waals surface area contributed by atoms with E-state index in [0.29, 0.717) is 27.5 Å². The molecular formula is C24H18ClFN6O2.